The van der Waals surface area contributed by atoms with Gasteiger partial charge in [-0.25, -0.2) is 0 Å². The number of amides is 1. The predicted molar refractivity (Wildman–Crippen MR) is 94.7 cm³/mol. The summed E-state index contributed by atoms with van der Waals surface area (Å²) >= 11 is 0. The van der Waals surface area contributed by atoms with Gasteiger partial charge in [0.1, 0.15) is 0 Å². The molecule has 1 N–H and O–H groups in total. The zero-order chi connectivity index (χ0) is 18.0. The molecule has 1 unspecified atom stereocenters. The fraction of sp³-hybridized carbons (Fsp3) is 0.778. The number of nitrogens with zero attached hydrogens (tertiary/aromatic N) is 4. The van der Waals surface area contributed by atoms with E-state index >= 15 is 0 Å². The highest BCUT2D eigenvalue weighted by molar-refractivity contribution is 5.96. The smallest absolute Gasteiger partial charge is 0.257 e. The zero-order valence-corrected chi connectivity index (χ0v) is 15.6. The molecular weight excluding hydrogens is 320 g/mol. The first kappa shape index (κ1) is 18.4. The molecule has 0 saturated carbocycles. The average molecular weight is 350 g/mol. The quantitative estimate of drug-likeness (QED) is 0.851. The Labute approximate surface area is 149 Å². The van der Waals surface area contributed by atoms with E-state index in [2.05, 4.69) is 16.9 Å². The standard InChI is InChI=1S/C18H30N4O3/c1-4-6-22-15(3)16(14(2)19-22)17(23)21-7-5-18(24,13-21)12-20-8-10-25-11-9-20/h24H,4-13H2,1-3H3. The molecule has 0 aromatic carbocycles. The maximum Gasteiger partial charge on any atom is 0.257 e. The van der Waals surface area contributed by atoms with Crippen molar-refractivity contribution in [2.24, 2.45) is 0 Å². The number of likely N-dealkylation sites (tertiary alicyclic amines) is 1. The van der Waals surface area contributed by atoms with E-state index in [1.54, 1.807) is 4.90 Å². The highest BCUT2D eigenvalue weighted by atomic mass is 16.5. The molecule has 0 bridgehead atoms. The van der Waals surface area contributed by atoms with Crippen LogP contribution in [-0.4, -0.2) is 82.1 Å². The van der Waals surface area contributed by atoms with E-state index in [9.17, 15) is 9.90 Å². The van der Waals surface area contributed by atoms with E-state index in [0.717, 1.165) is 37.4 Å². The Morgan fingerprint density at radius 3 is 2.68 bits per heavy atom. The molecule has 1 amide bonds. The summed E-state index contributed by atoms with van der Waals surface area (Å²) in [6.07, 6.45) is 1.61. The van der Waals surface area contributed by atoms with Gasteiger partial charge in [-0.1, -0.05) is 6.92 Å². The number of hydrogen-bond acceptors (Lipinski definition) is 5. The van der Waals surface area contributed by atoms with Crippen molar-refractivity contribution >= 4 is 5.91 Å². The van der Waals surface area contributed by atoms with Gasteiger partial charge in [0.2, 0.25) is 0 Å². The van der Waals surface area contributed by atoms with Gasteiger partial charge in [-0.15, -0.1) is 0 Å². The molecule has 1 atom stereocenters. The molecule has 25 heavy (non-hydrogen) atoms. The molecule has 0 spiro atoms. The van der Waals surface area contributed by atoms with Gasteiger partial charge in [0.05, 0.1) is 36.6 Å². The van der Waals surface area contributed by atoms with Crippen molar-refractivity contribution in [1.29, 1.82) is 0 Å². The SMILES string of the molecule is CCCn1nc(C)c(C(=O)N2CCC(O)(CN3CCOCC3)C2)c1C. The summed E-state index contributed by atoms with van der Waals surface area (Å²) < 4.78 is 7.28. The first-order valence-corrected chi connectivity index (χ1v) is 9.29. The summed E-state index contributed by atoms with van der Waals surface area (Å²) in [5.74, 6) is -0.00439. The number of aryl methyl sites for hydroxylation is 2. The van der Waals surface area contributed by atoms with E-state index in [-0.39, 0.29) is 5.91 Å². The summed E-state index contributed by atoms with van der Waals surface area (Å²) in [7, 11) is 0. The highest BCUT2D eigenvalue weighted by Gasteiger charge is 2.40. The van der Waals surface area contributed by atoms with Crippen LogP contribution in [0, 0.1) is 13.8 Å². The lowest BCUT2D eigenvalue weighted by molar-refractivity contribution is -0.0257. The Balaban J connectivity index is 1.68. The first-order valence-electron chi connectivity index (χ1n) is 9.29. The second kappa shape index (κ2) is 7.43. The van der Waals surface area contributed by atoms with Crippen molar-refractivity contribution < 1.29 is 14.6 Å². The highest BCUT2D eigenvalue weighted by Crippen LogP contribution is 2.26. The van der Waals surface area contributed by atoms with Crippen molar-refractivity contribution in [3.63, 3.8) is 0 Å². The van der Waals surface area contributed by atoms with Crippen LogP contribution in [0.15, 0.2) is 0 Å². The van der Waals surface area contributed by atoms with Gasteiger partial charge in [0.15, 0.2) is 0 Å². The lowest BCUT2D eigenvalue weighted by Crippen LogP contribution is -2.49. The number of rotatable bonds is 5. The van der Waals surface area contributed by atoms with Gasteiger partial charge >= 0.3 is 0 Å². The molecule has 140 valence electrons. The number of ether oxygens (including phenoxy) is 1. The summed E-state index contributed by atoms with van der Waals surface area (Å²) in [6.45, 7) is 11.5. The molecule has 3 rings (SSSR count). The second-order valence-electron chi connectivity index (χ2n) is 7.36. The minimum Gasteiger partial charge on any atom is -0.387 e. The van der Waals surface area contributed by atoms with E-state index in [1.165, 1.54) is 0 Å². The Hall–Kier alpha value is -1.44. The molecule has 1 aromatic heterocycles. The van der Waals surface area contributed by atoms with E-state index in [1.807, 2.05) is 18.5 Å². The van der Waals surface area contributed by atoms with Crippen LogP contribution in [-0.2, 0) is 11.3 Å². The number of β-amino-alcohol motifs (C(OH)–C–C–N with tert-alkyl or cyclic N) is 1. The molecule has 0 radical (unpaired) electrons. The van der Waals surface area contributed by atoms with Gasteiger partial charge in [0, 0.05) is 38.4 Å². The van der Waals surface area contributed by atoms with Gasteiger partial charge < -0.3 is 14.7 Å². The largest absolute Gasteiger partial charge is 0.387 e. The number of aliphatic hydroxyl groups is 1. The van der Waals surface area contributed by atoms with Crippen LogP contribution in [0.2, 0.25) is 0 Å². The van der Waals surface area contributed by atoms with Crippen LogP contribution in [0.5, 0.6) is 0 Å². The summed E-state index contributed by atoms with van der Waals surface area (Å²) in [6, 6.07) is 0. The summed E-state index contributed by atoms with van der Waals surface area (Å²) in [5.41, 5.74) is 1.57. The van der Waals surface area contributed by atoms with Gasteiger partial charge in [-0.3, -0.25) is 14.4 Å². The van der Waals surface area contributed by atoms with Gasteiger partial charge in [-0.05, 0) is 26.7 Å². The zero-order valence-electron chi connectivity index (χ0n) is 15.6. The number of aromatic nitrogens is 2. The van der Waals surface area contributed by atoms with E-state index in [0.29, 0.717) is 44.8 Å². The van der Waals surface area contributed by atoms with Crippen LogP contribution in [0.25, 0.3) is 0 Å². The normalized spacial score (nSPS) is 24.9. The Morgan fingerprint density at radius 1 is 1.28 bits per heavy atom. The molecule has 7 nitrogen and oxygen atoms in total. The minimum atomic E-state index is -0.825. The van der Waals surface area contributed by atoms with Crippen molar-refractivity contribution in [1.82, 2.24) is 19.6 Å². The summed E-state index contributed by atoms with van der Waals surface area (Å²) in [5, 5.41) is 15.4. The summed E-state index contributed by atoms with van der Waals surface area (Å²) in [4.78, 5) is 17.0. The number of hydrogen-bond donors (Lipinski definition) is 1. The van der Waals surface area contributed by atoms with Crippen LogP contribution < -0.4 is 0 Å². The monoisotopic (exact) mass is 350 g/mol. The predicted octanol–water partition coefficient (Wildman–Crippen LogP) is 0.819. The number of carbonyl (C=O) groups excluding carboxylic acids is 1. The molecule has 3 heterocycles. The molecule has 2 aliphatic heterocycles. The Bertz CT molecular complexity index is 624. The topological polar surface area (TPSA) is 70.8 Å². The van der Waals surface area contributed by atoms with Crippen LogP contribution >= 0.6 is 0 Å². The third-order valence-electron chi connectivity index (χ3n) is 5.27. The molecule has 2 saturated heterocycles. The van der Waals surface area contributed by atoms with Gasteiger partial charge in [0.25, 0.3) is 5.91 Å². The van der Waals surface area contributed by atoms with Crippen molar-refractivity contribution in [2.75, 3.05) is 45.9 Å². The maximum atomic E-state index is 13.0. The lowest BCUT2D eigenvalue weighted by atomic mass is 10.0. The fourth-order valence-corrected chi connectivity index (χ4v) is 3.93. The molecule has 2 aliphatic rings. The van der Waals surface area contributed by atoms with Gasteiger partial charge in [-0.2, -0.15) is 5.10 Å². The Morgan fingerprint density at radius 2 is 2.00 bits per heavy atom. The Kier molecular flexibility index (Phi) is 5.46. The van der Waals surface area contributed by atoms with E-state index < -0.39 is 5.60 Å². The van der Waals surface area contributed by atoms with Crippen LogP contribution in [0.3, 0.4) is 0 Å². The molecule has 2 fully saturated rings. The van der Waals surface area contributed by atoms with Crippen LogP contribution in [0.1, 0.15) is 41.5 Å². The molecular formula is C18H30N4O3. The first-order chi connectivity index (χ1) is 11.9. The third kappa shape index (κ3) is 3.88. The van der Waals surface area contributed by atoms with Crippen molar-refractivity contribution in [3.05, 3.63) is 17.0 Å². The number of morpholine rings is 1. The third-order valence-corrected chi connectivity index (χ3v) is 5.27. The van der Waals surface area contributed by atoms with Crippen LogP contribution in [0.4, 0.5) is 0 Å². The molecule has 1 aromatic rings. The molecule has 0 aliphatic carbocycles. The average Bonchev–Trinajstić information content (AvgIpc) is 3.09. The maximum absolute atomic E-state index is 13.0. The molecule has 7 heteroatoms. The fourth-order valence-electron chi connectivity index (χ4n) is 3.93. The minimum absolute atomic E-state index is 0.00439. The second-order valence-corrected chi connectivity index (χ2v) is 7.36. The van der Waals surface area contributed by atoms with E-state index in [4.69, 9.17) is 4.74 Å². The van der Waals surface area contributed by atoms with Crippen molar-refractivity contribution in [2.45, 2.75) is 45.8 Å². The lowest BCUT2D eigenvalue weighted by Gasteiger charge is -2.33. The number of carbonyl (C=O) groups is 1. The van der Waals surface area contributed by atoms with Crippen molar-refractivity contribution in [3.8, 4) is 0 Å².